The van der Waals surface area contributed by atoms with Crippen molar-refractivity contribution in [3.63, 3.8) is 0 Å². The number of aromatic nitrogens is 4. The van der Waals surface area contributed by atoms with E-state index in [0.717, 1.165) is 41.0 Å². The largest absolute Gasteiger partial charge is 0.497 e. The van der Waals surface area contributed by atoms with E-state index in [0.29, 0.717) is 11.7 Å². The zero-order chi connectivity index (χ0) is 21.8. The normalized spacial score (nSPS) is 10.9. The minimum absolute atomic E-state index is 0.271. The quantitative estimate of drug-likeness (QED) is 0.394. The maximum Gasteiger partial charge on any atom is 0.286 e. The van der Waals surface area contributed by atoms with Gasteiger partial charge in [-0.3, -0.25) is 0 Å². The lowest BCUT2D eigenvalue weighted by molar-refractivity contribution is 0.415. The number of nitrogens with zero attached hydrogens (tertiary/aromatic N) is 4. The van der Waals surface area contributed by atoms with Crippen molar-refractivity contribution in [1.29, 1.82) is 0 Å². The lowest BCUT2D eigenvalue weighted by Crippen LogP contribution is -2.08. The number of nitrogens with one attached hydrogen (secondary N) is 1. The molecule has 0 aliphatic rings. The van der Waals surface area contributed by atoms with E-state index < -0.39 is 0 Å². The molecule has 2 aromatic heterocycles. The van der Waals surface area contributed by atoms with Gasteiger partial charge in [0.25, 0.3) is 5.89 Å². The number of hydrogen-bond acceptors (Lipinski definition) is 7. The fourth-order valence-corrected chi connectivity index (χ4v) is 3.44. The number of fused-ring (bicyclic) bond motifs is 1. The van der Waals surface area contributed by atoms with E-state index in [1.165, 1.54) is 5.56 Å². The molecule has 32 heavy (non-hydrogen) atoms. The molecule has 0 amide bonds. The molecule has 5 rings (SSSR count). The van der Waals surface area contributed by atoms with E-state index in [4.69, 9.17) is 14.1 Å². The number of hydrogen-bond donors (Lipinski definition) is 1. The van der Waals surface area contributed by atoms with Gasteiger partial charge in [0.2, 0.25) is 11.7 Å². The summed E-state index contributed by atoms with van der Waals surface area (Å²) in [5.41, 5.74) is 2.87. The van der Waals surface area contributed by atoms with Gasteiger partial charge in [-0.25, -0.2) is 9.97 Å². The second-order valence-corrected chi connectivity index (χ2v) is 7.22. The molecule has 1 N–H and O–H groups in total. The summed E-state index contributed by atoms with van der Waals surface area (Å²) in [6, 6.07) is 25.6. The molecular formula is C25H21N5O2. The number of rotatable bonds is 7. The number of ether oxygens (including phenoxy) is 1. The van der Waals surface area contributed by atoms with E-state index >= 15 is 0 Å². The van der Waals surface area contributed by atoms with Crippen LogP contribution in [0, 0.1) is 0 Å². The third kappa shape index (κ3) is 4.13. The molecule has 0 atom stereocenters. The van der Waals surface area contributed by atoms with Crippen molar-refractivity contribution in [3.8, 4) is 28.9 Å². The Morgan fingerprint density at radius 3 is 2.38 bits per heavy atom. The monoisotopic (exact) mass is 423 g/mol. The highest BCUT2D eigenvalue weighted by atomic mass is 16.5. The van der Waals surface area contributed by atoms with E-state index in [1.54, 1.807) is 7.11 Å². The number of methoxy groups -OCH3 is 1. The average Bonchev–Trinajstić information content (AvgIpc) is 3.35. The van der Waals surface area contributed by atoms with E-state index in [9.17, 15) is 0 Å². The Morgan fingerprint density at radius 2 is 1.56 bits per heavy atom. The maximum atomic E-state index is 5.89. The Balaban J connectivity index is 1.43. The standard InChI is InChI=1S/C25H21N5O2/c1-31-19-13-11-18(12-14-19)24-29-30-25(32-24)23-27-21-10-6-5-9-20(21)22(28-23)26-16-15-17-7-3-2-4-8-17/h2-14H,15-16H2,1H3,(H,26,27,28). The third-order valence-corrected chi connectivity index (χ3v) is 5.11. The molecule has 158 valence electrons. The van der Waals surface area contributed by atoms with Crippen LogP contribution in [0.2, 0.25) is 0 Å². The van der Waals surface area contributed by atoms with Crippen molar-refractivity contribution in [2.75, 3.05) is 19.0 Å². The molecule has 7 heteroatoms. The van der Waals surface area contributed by atoms with Crippen LogP contribution in [0.1, 0.15) is 5.56 Å². The van der Waals surface area contributed by atoms with Crippen LogP contribution < -0.4 is 10.1 Å². The van der Waals surface area contributed by atoms with Crippen LogP contribution in [-0.4, -0.2) is 33.8 Å². The SMILES string of the molecule is COc1ccc(-c2nnc(-c3nc(NCCc4ccccc4)c4ccccc4n3)o2)cc1. The van der Waals surface area contributed by atoms with Gasteiger partial charge in [-0.15, -0.1) is 10.2 Å². The van der Waals surface area contributed by atoms with Crippen LogP contribution >= 0.6 is 0 Å². The summed E-state index contributed by atoms with van der Waals surface area (Å²) in [5, 5.41) is 12.7. The molecule has 0 fully saturated rings. The summed E-state index contributed by atoms with van der Waals surface area (Å²) in [5.74, 6) is 2.56. The van der Waals surface area contributed by atoms with Crippen LogP contribution in [0.4, 0.5) is 5.82 Å². The lowest BCUT2D eigenvalue weighted by Gasteiger charge is -2.10. The molecule has 2 heterocycles. The van der Waals surface area contributed by atoms with E-state index in [-0.39, 0.29) is 5.89 Å². The first-order valence-corrected chi connectivity index (χ1v) is 10.3. The van der Waals surface area contributed by atoms with Gasteiger partial charge in [-0.05, 0) is 48.4 Å². The van der Waals surface area contributed by atoms with Gasteiger partial charge in [0.15, 0.2) is 0 Å². The Labute approximate surface area is 185 Å². The average molecular weight is 423 g/mol. The van der Waals surface area contributed by atoms with Crippen LogP contribution in [-0.2, 0) is 6.42 Å². The second-order valence-electron chi connectivity index (χ2n) is 7.22. The number of benzene rings is 3. The molecule has 0 aliphatic heterocycles. The molecule has 0 saturated heterocycles. The van der Waals surface area contributed by atoms with Crippen LogP contribution in [0.15, 0.2) is 83.3 Å². The minimum Gasteiger partial charge on any atom is -0.497 e. The summed E-state index contributed by atoms with van der Waals surface area (Å²) < 4.78 is 11.1. The molecule has 3 aromatic carbocycles. The number of anilines is 1. The zero-order valence-corrected chi connectivity index (χ0v) is 17.5. The second kappa shape index (κ2) is 8.85. The predicted molar refractivity (Wildman–Crippen MR) is 123 cm³/mol. The van der Waals surface area contributed by atoms with Gasteiger partial charge in [0.1, 0.15) is 11.6 Å². The molecule has 0 spiro atoms. The molecule has 7 nitrogen and oxygen atoms in total. The highest BCUT2D eigenvalue weighted by Gasteiger charge is 2.16. The van der Waals surface area contributed by atoms with Crippen molar-refractivity contribution < 1.29 is 9.15 Å². The first-order valence-electron chi connectivity index (χ1n) is 10.3. The first kappa shape index (κ1) is 19.7. The topological polar surface area (TPSA) is 86.0 Å². The van der Waals surface area contributed by atoms with E-state index in [1.807, 2.05) is 66.7 Å². The smallest absolute Gasteiger partial charge is 0.286 e. The van der Waals surface area contributed by atoms with Gasteiger partial charge < -0.3 is 14.5 Å². The molecule has 0 bridgehead atoms. The van der Waals surface area contributed by atoms with Crippen LogP contribution in [0.5, 0.6) is 5.75 Å². The van der Waals surface area contributed by atoms with Gasteiger partial charge in [-0.1, -0.05) is 42.5 Å². The lowest BCUT2D eigenvalue weighted by atomic mass is 10.1. The number of para-hydroxylation sites is 1. The summed E-state index contributed by atoms with van der Waals surface area (Å²) in [6.45, 7) is 0.741. The Hall–Kier alpha value is -4.26. The Morgan fingerprint density at radius 1 is 0.812 bits per heavy atom. The van der Waals surface area contributed by atoms with E-state index in [2.05, 4.69) is 32.6 Å². The molecular weight excluding hydrogens is 402 g/mol. The highest BCUT2D eigenvalue weighted by molar-refractivity contribution is 5.90. The van der Waals surface area contributed by atoms with Gasteiger partial charge in [0.05, 0.1) is 12.6 Å². The van der Waals surface area contributed by atoms with Crippen molar-refractivity contribution >= 4 is 16.7 Å². The van der Waals surface area contributed by atoms with Gasteiger partial charge in [-0.2, -0.15) is 0 Å². The maximum absolute atomic E-state index is 5.89. The van der Waals surface area contributed by atoms with Crippen LogP contribution in [0.3, 0.4) is 0 Å². The Bertz CT molecular complexity index is 1330. The zero-order valence-electron chi connectivity index (χ0n) is 17.5. The van der Waals surface area contributed by atoms with Gasteiger partial charge in [0, 0.05) is 17.5 Å². The summed E-state index contributed by atoms with van der Waals surface area (Å²) in [6.07, 6.45) is 0.886. The van der Waals surface area contributed by atoms with Crippen molar-refractivity contribution in [3.05, 3.63) is 84.4 Å². The summed E-state index contributed by atoms with van der Waals surface area (Å²) >= 11 is 0. The molecule has 0 radical (unpaired) electrons. The van der Waals surface area contributed by atoms with Gasteiger partial charge >= 0.3 is 0 Å². The third-order valence-electron chi connectivity index (χ3n) is 5.11. The van der Waals surface area contributed by atoms with Crippen LogP contribution in [0.25, 0.3) is 34.1 Å². The minimum atomic E-state index is 0.271. The first-order chi connectivity index (χ1) is 15.8. The fraction of sp³-hybridized carbons (Fsp3) is 0.120. The predicted octanol–water partition coefficient (Wildman–Crippen LogP) is 5.01. The molecule has 0 saturated carbocycles. The molecule has 5 aromatic rings. The molecule has 0 aliphatic carbocycles. The van der Waals surface area contributed by atoms with Crippen molar-refractivity contribution in [2.24, 2.45) is 0 Å². The molecule has 0 unspecified atom stereocenters. The summed E-state index contributed by atoms with van der Waals surface area (Å²) in [7, 11) is 1.63. The fourth-order valence-electron chi connectivity index (χ4n) is 3.44. The Kier molecular flexibility index (Phi) is 5.45. The van der Waals surface area contributed by atoms with Crippen molar-refractivity contribution in [1.82, 2.24) is 20.2 Å². The summed E-state index contributed by atoms with van der Waals surface area (Å²) in [4.78, 5) is 9.34. The highest BCUT2D eigenvalue weighted by Crippen LogP contribution is 2.27. The van der Waals surface area contributed by atoms with Crippen molar-refractivity contribution in [2.45, 2.75) is 6.42 Å².